The minimum Gasteiger partial charge on any atom is -0.496 e. The minimum atomic E-state index is -0.748. The van der Waals surface area contributed by atoms with Crippen molar-refractivity contribution < 1.29 is 14.3 Å². The van der Waals surface area contributed by atoms with E-state index in [0.29, 0.717) is 36.1 Å². The minimum absolute atomic E-state index is 0.0843. The first-order chi connectivity index (χ1) is 12.9. The SMILES string of the molecule is COc1c(C)cc(NC(=O)C2(c3ccc(Cl)cc3Cl)CCOCC2)cc1C. The zero-order valence-electron chi connectivity index (χ0n) is 15.7. The van der Waals surface area contributed by atoms with E-state index >= 15 is 0 Å². The van der Waals surface area contributed by atoms with E-state index in [4.69, 9.17) is 32.7 Å². The number of carbonyl (C=O) groups excluding carboxylic acids is 1. The Morgan fingerprint density at radius 1 is 1.11 bits per heavy atom. The van der Waals surface area contributed by atoms with Crippen LogP contribution in [-0.4, -0.2) is 26.2 Å². The fraction of sp³-hybridized carbons (Fsp3) is 0.381. The monoisotopic (exact) mass is 407 g/mol. The number of ether oxygens (including phenoxy) is 2. The molecule has 6 heteroatoms. The van der Waals surface area contributed by atoms with Gasteiger partial charge in [-0.2, -0.15) is 0 Å². The Kier molecular flexibility index (Phi) is 5.99. The highest BCUT2D eigenvalue weighted by Crippen LogP contribution is 2.41. The summed E-state index contributed by atoms with van der Waals surface area (Å²) >= 11 is 12.5. The molecule has 0 aromatic heterocycles. The third-order valence-electron chi connectivity index (χ3n) is 5.15. The predicted molar refractivity (Wildman–Crippen MR) is 109 cm³/mol. The third kappa shape index (κ3) is 3.93. The van der Waals surface area contributed by atoms with E-state index < -0.39 is 5.41 Å². The Hall–Kier alpha value is -1.75. The summed E-state index contributed by atoms with van der Waals surface area (Å²) in [5.74, 6) is 0.744. The molecule has 1 heterocycles. The van der Waals surface area contributed by atoms with E-state index in [1.807, 2.05) is 32.0 Å². The van der Waals surface area contributed by atoms with Crippen LogP contribution in [0.5, 0.6) is 5.75 Å². The van der Waals surface area contributed by atoms with Crippen LogP contribution in [0.2, 0.25) is 10.0 Å². The maximum Gasteiger partial charge on any atom is 0.235 e. The van der Waals surface area contributed by atoms with Crippen LogP contribution in [0.15, 0.2) is 30.3 Å². The molecule has 0 aliphatic carbocycles. The number of nitrogens with one attached hydrogen (secondary N) is 1. The third-order valence-corrected chi connectivity index (χ3v) is 5.70. The fourth-order valence-corrected chi connectivity index (χ4v) is 4.40. The van der Waals surface area contributed by atoms with Crippen molar-refractivity contribution >= 4 is 34.8 Å². The van der Waals surface area contributed by atoms with Crippen molar-refractivity contribution in [2.45, 2.75) is 32.1 Å². The summed E-state index contributed by atoms with van der Waals surface area (Å²) in [6.45, 7) is 4.93. The maximum absolute atomic E-state index is 13.4. The first kappa shape index (κ1) is 20.0. The molecule has 0 bridgehead atoms. The average molecular weight is 408 g/mol. The van der Waals surface area contributed by atoms with Crippen LogP contribution in [0.25, 0.3) is 0 Å². The molecule has 1 aliphatic rings. The number of methoxy groups -OCH3 is 1. The topological polar surface area (TPSA) is 47.6 Å². The lowest BCUT2D eigenvalue weighted by Crippen LogP contribution is -2.45. The second kappa shape index (κ2) is 8.09. The largest absolute Gasteiger partial charge is 0.496 e. The van der Waals surface area contributed by atoms with E-state index in [-0.39, 0.29) is 5.91 Å². The van der Waals surface area contributed by atoms with Crippen LogP contribution in [0.4, 0.5) is 5.69 Å². The van der Waals surface area contributed by atoms with Gasteiger partial charge in [-0.1, -0.05) is 29.3 Å². The Balaban J connectivity index is 1.97. The number of rotatable bonds is 4. The molecule has 1 N–H and O–H groups in total. The average Bonchev–Trinajstić information content (AvgIpc) is 2.62. The summed E-state index contributed by atoms with van der Waals surface area (Å²) < 4.78 is 10.9. The second-order valence-corrected chi connectivity index (χ2v) is 7.76. The molecule has 1 fully saturated rings. The van der Waals surface area contributed by atoms with E-state index in [9.17, 15) is 4.79 Å². The van der Waals surface area contributed by atoms with Crippen molar-refractivity contribution in [3.05, 3.63) is 57.1 Å². The van der Waals surface area contributed by atoms with Crippen LogP contribution < -0.4 is 10.1 Å². The maximum atomic E-state index is 13.4. The van der Waals surface area contributed by atoms with E-state index in [0.717, 1.165) is 28.1 Å². The van der Waals surface area contributed by atoms with Gasteiger partial charge in [-0.05, 0) is 67.6 Å². The molecule has 2 aromatic carbocycles. The molecule has 1 aliphatic heterocycles. The number of benzene rings is 2. The zero-order chi connectivity index (χ0) is 19.6. The smallest absolute Gasteiger partial charge is 0.235 e. The zero-order valence-corrected chi connectivity index (χ0v) is 17.2. The molecule has 2 aromatic rings. The first-order valence-electron chi connectivity index (χ1n) is 8.87. The van der Waals surface area contributed by atoms with Crippen LogP contribution in [0.3, 0.4) is 0 Å². The van der Waals surface area contributed by atoms with Gasteiger partial charge in [-0.25, -0.2) is 0 Å². The van der Waals surface area contributed by atoms with Gasteiger partial charge in [0, 0.05) is 28.9 Å². The second-order valence-electron chi connectivity index (χ2n) is 6.92. The van der Waals surface area contributed by atoms with Crippen molar-refractivity contribution in [2.24, 2.45) is 0 Å². The van der Waals surface area contributed by atoms with Crippen LogP contribution in [0.1, 0.15) is 29.5 Å². The van der Waals surface area contributed by atoms with Crippen LogP contribution >= 0.6 is 23.2 Å². The molecule has 144 valence electrons. The van der Waals surface area contributed by atoms with Crippen molar-refractivity contribution in [3.63, 3.8) is 0 Å². The molecule has 0 saturated carbocycles. The summed E-state index contributed by atoms with van der Waals surface area (Å²) in [5, 5.41) is 4.13. The van der Waals surface area contributed by atoms with Gasteiger partial charge in [0.1, 0.15) is 5.75 Å². The van der Waals surface area contributed by atoms with Crippen molar-refractivity contribution in [1.82, 2.24) is 0 Å². The lowest BCUT2D eigenvalue weighted by atomic mass is 9.73. The van der Waals surface area contributed by atoms with Gasteiger partial charge in [0.25, 0.3) is 0 Å². The van der Waals surface area contributed by atoms with E-state index in [2.05, 4.69) is 5.32 Å². The normalized spacial score (nSPS) is 16.0. The van der Waals surface area contributed by atoms with E-state index in [1.54, 1.807) is 19.2 Å². The summed E-state index contributed by atoms with van der Waals surface area (Å²) in [6, 6.07) is 9.14. The Morgan fingerprint density at radius 3 is 2.30 bits per heavy atom. The molecule has 4 nitrogen and oxygen atoms in total. The number of hydrogen-bond acceptors (Lipinski definition) is 3. The van der Waals surface area contributed by atoms with Gasteiger partial charge >= 0.3 is 0 Å². The summed E-state index contributed by atoms with van der Waals surface area (Å²) in [5.41, 5.74) is 2.72. The molecule has 1 amide bonds. The summed E-state index contributed by atoms with van der Waals surface area (Å²) in [7, 11) is 1.65. The standard InChI is InChI=1S/C21H23Cl2NO3/c1-13-10-16(11-14(2)19(13)26-3)24-20(25)21(6-8-27-9-7-21)17-5-4-15(22)12-18(17)23/h4-5,10-12H,6-9H2,1-3H3,(H,24,25). The highest BCUT2D eigenvalue weighted by atomic mass is 35.5. The fourth-order valence-electron chi connectivity index (χ4n) is 3.81. The number of hydrogen-bond donors (Lipinski definition) is 1. The van der Waals surface area contributed by atoms with Crippen molar-refractivity contribution in [2.75, 3.05) is 25.6 Å². The number of halogens is 2. The number of aryl methyl sites for hydroxylation is 2. The summed E-state index contributed by atoms with van der Waals surface area (Å²) in [4.78, 5) is 13.4. The van der Waals surface area contributed by atoms with Gasteiger partial charge in [-0.3, -0.25) is 4.79 Å². The number of anilines is 1. The highest BCUT2D eigenvalue weighted by molar-refractivity contribution is 6.35. The van der Waals surface area contributed by atoms with Crippen LogP contribution in [0, 0.1) is 13.8 Å². The van der Waals surface area contributed by atoms with E-state index in [1.165, 1.54) is 0 Å². The molecule has 1 saturated heterocycles. The van der Waals surface area contributed by atoms with Crippen molar-refractivity contribution in [1.29, 1.82) is 0 Å². The van der Waals surface area contributed by atoms with Gasteiger partial charge in [0.2, 0.25) is 5.91 Å². The molecule has 0 atom stereocenters. The molecule has 0 spiro atoms. The molecular weight excluding hydrogens is 385 g/mol. The molecule has 3 rings (SSSR count). The molecule has 0 radical (unpaired) electrons. The van der Waals surface area contributed by atoms with Gasteiger partial charge in [0.05, 0.1) is 12.5 Å². The van der Waals surface area contributed by atoms with Crippen molar-refractivity contribution in [3.8, 4) is 5.75 Å². The number of amides is 1. The lowest BCUT2D eigenvalue weighted by molar-refractivity contribution is -0.125. The Bertz CT molecular complexity index is 837. The van der Waals surface area contributed by atoms with Crippen LogP contribution in [-0.2, 0) is 14.9 Å². The lowest BCUT2D eigenvalue weighted by Gasteiger charge is -2.37. The predicted octanol–water partition coefficient (Wildman–Crippen LogP) is 5.31. The quantitative estimate of drug-likeness (QED) is 0.746. The highest BCUT2D eigenvalue weighted by Gasteiger charge is 2.43. The molecule has 0 unspecified atom stereocenters. The summed E-state index contributed by atoms with van der Waals surface area (Å²) in [6.07, 6.45) is 1.13. The Labute approximate surface area is 169 Å². The molecular formula is C21H23Cl2NO3. The van der Waals surface area contributed by atoms with Gasteiger partial charge < -0.3 is 14.8 Å². The molecule has 27 heavy (non-hydrogen) atoms. The van der Waals surface area contributed by atoms with Gasteiger partial charge in [0.15, 0.2) is 0 Å². The Morgan fingerprint density at radius 2 is 1.74 bits per heavy atom. The van der Waals surface area contributed by atoms with Gasteiger partial charge in [-0.15, -0.1) is 0 Å². The number of carbonyl (C=O) groups is 1. The first-order valence-corrected chi connectivity index (χ1v) is 9.63.